The summed E-state index contributed by atoms with van der Waals surface area (Å²) in [5.74, 6) is 2.19. The van der Waals surface area contributed by atoms with Crippen molar-refractivity contribution in [2.24, 2.45) is 4.99 Å². The number of guanidine groups is 1. The van der Waals surface area contributed by atoms with Crippen LogP contribution < -0.4 is 20.1 Å². The lowest BCUT2D eigenvalue weighted by atomic mass is 10.2. The lowest BCUT2D eigenvalue weighted by Gasteiger charge is -2.13. The molecule has 5 nitrogen and oxygen atoms in total. The number of benzene rings is 1. The highest BCUT2D eigenvalue weighted by atomic mass is 127. The molecule has 0 saturated heterocycles. The molecule has 8 heteroatoms. The third-order valence-electron chi connectivity index (χ3n) is 3.50. The summed E-state index contributed by atoms with van der Waals surface area (Å²) < 4.78 is 11.6. The molecule has 0 amide bonds. The van der Waals surface area contributed by atoms with Crippen molar-refractivity contribution >= 4 is 57.2 Å². The quantitative estimate of drug-likeness (QED) is 0.288. The molecule has 0 radical (unpaired) electrons. The molecule has 0 fully saturated rings. The van der Waals surface area contributed by atoms with E-state index >= 15 is 0 Å². The second-order valence-corrected chi connectivity index (χ2v) is 7.15. The van der Waals surface area contributed by atoms with Crippen LogP contribution in [0.4, 0.5) is 0 Å². The lowest BCUT2D eigenvalue weighted by molar-refractivity contribution is 0.352. The molecular weight excluding hydrogens is 529 g/mol. The first-order valence-electron chi connectivity index (χ1n) is 8.12. The summed E-state index contributed by atoms with van der Waals surface area (Å²) in [6, 6.07) is 8.17. The van der Waals surface area contributed by atoms with Crippen molar-refractivity contribution < 1.29 is 9.47 Å². The molecule has 0 aliphatic rings. The van der Waals surface area contributed by atoms with Crippen LogP contribution in [0.1, 0.15) is 17.4 Å². The van der Waals surface area contributed by atoms with Gasteiger partial charge in [0.1, 0.15) is 0 Å². The first kappa shape index (κ1) is 23.0. The molecule has 2 aromatic rings. The van der Waals surface area contributed by atoms with Gasteiger partial charge in [-0.2, -0.15) is 0 Å². The summed E-state index contributed by atoms with van der Waals surface area (Å²) in [4.78, 5) is 6.02. The van der Waals surface area contributed by atoms with Crippen molar-refractivity contribution in [3.8, 4) is 11.5 Å². The van der Waals surface area contributed by atoms with Crippen LogP contribution in [0.3, 0.4) is 0 Å². The third kappa shape index (κ3) is 6.96. The van der Waals surface area contributed by atoms with Gasteiger partial charge >= 0.3 is 0 Å². The van der Waals surface area contributed by atoms with E-state index < -0.39 is 0 Å². The highest BCUT2D eigenvalue weighted by molar-refractivity contribution is 14.0. The standard InChI is InChI=1S/C18H24BrN3O2S.HI/c1-4-20-18(21-8-7-14-6-5-9-25-14)22-12-13-10-15(19)17(24-3)16(11-13)23-2;/h5-6,9-11H,4,7-8,12H2,1-3H3,(H2,20,21,22);1H. The molecule has 1 aromatic heterocycles. The minimum Gasteiger partial charge on any atom is -0.493 e. The van der Waals surface area contributed by atoms with Crippen molar-refractivity contribution in [1.29, 1.82) is 0 Å². The summed E-state index contributed by atoms with van der Waals surface area (Å²) in [7, 11) is 3.26. The molecule has 0 bridgehead atoms. The SMILES string of the molecule is CCNC(=NCc1cc(Br)c(OC)c(OC)c1)NCCc1cccs1.I. The van der Waals surface area contributed by atoms with E-state index in [1.54, 1.807) is 25.6 Å². The van der Waals surface area contributed by atoms with E-state index in [1.165, 1.54) is 4.88 Å². The Morgan fingerprint density at radius 3 is 2.65 bits per heavy atom. The number of nitrogens with one attached hydrogen (secondary N) is 2. The van der Waals surface area contributed by atoms with Gasteiger partial charge in [0.15, 0.2) is 17.5 Å². The Morgan fingerprint density at radius 2 is 2.04 bits per heavy atom. The van der Waals surface area contributed by atoms with Crippen molar-refractivity contribution in [2.75, 3.05) is 27.3 Å². The van der Waals surface area contributed by atoms with Gasteiger partial charge in [-0.05, 0) is 58.4 Å². The number of hydrogen-bond acceptors (Lipinski definition) is 4. The summed E-state index contributed by atoms with van der Waals surface area (Å²) in [5, 5.41) is 8.75. The molecular formula is C18H25BrIN3O2S. The zero-order chi connectivity index (χ0) is 18.1. The van der Waals surface area contributed by atoms with Crippen LogP contribution in [0.25, 0.3) is 0 Å². The highest BCUT2D eigenvalue weighted by Crippen LogP contribution is 2.36. The number of hydrogen-bond donors (Lipinski definition) is 2. The average molecular weight is 554 g/mol. The van der Waals surface area contributed by atoms with Crippen LogP contribution in [0.2, 0.25) is 0 Å². The molecule has 0 saturated carbocycles. The predicted octanol–water partition coefficient (Wildman–Crippen LogP) is 4.44. The molecule has 144 valence electrons. The number of methoxy groups -OCH3 is 2. The highest BCUT2D eigenvalue weighted by Gasteiger charge is 2.10. The summed E-state index contributed by atoms with van der Waals surface area (Å²) >= 11 is 5.29. The minimum atomic E-state index is 0. The Kier molecular flexibility index (Phi) is 11.0. The summed E-state index contributed by atoms with van der Waals surface area (Å²) in [6.07, 6.45) is 0.990. The molecule has 0 aliphatic heterocycles. The van der Waals surface area contributed by atoms with Gasteiger partial charge in [0.25, 0.3) is 0 Å². The van der Waals surface area contributed by atoms with E-state index in [0.717, 1.165) is 35.5 Å². The molecule has 0 aliphatic carbocycles. The van der Waals surface area contributed by atoms with Gasteiger partial charge in [0, 0.05) is 18.0 Å². The van der Waals surface area contributed by atoms with Crippen LogP contribution in [0.15, 0.2) is 39.1 Å². The van der Waals surface area contributed by atoms with E-state index in [0.29, 0.717) is 18.0 Å². The first-order chi connectivity index (χ1) is 12.2. The fourth-order valence-electron chi connectivity index (χ4n) is 2.33. The van der Waals surface area contributed by atoms with Gasteiger partial charge in [-0.1, -0.05) is 6.07 Å². The third-order valence-corrected chi connectivity index (χ3v) is 5.03. The maximum Gasteiger partial charge on any atom is 0.191 e. The van der Waals surface area contributed by atoms with Crippen LogP contribution in [0, 0.1) is 0 Å². The van der Waals surface area contributed by atoms with Gasteiger partial charge in [0.2, 0.25) is 0 Å². The second kappa shape index (κ2) is 12.4. The summed E-state index contributed by atoms with van der Waals surface area (Å²) in [5.41, 5.74) is 1.04. The van der Waals surface area contributed by atoms with E-state index in [-0.39, 0.29) is 24.0 Å². The number of ether oxygens (including phenoxy) is 2. The van der Waals surface area contributed by atoms with Crippen molar-refractivity contribution in [2.45, 2.75) is 19.9 Å². The largest absolute Gasteiger partial charge is 0.493 e. The zero-order valence-electron chi connectivity index (χ0n) is 15.2. The molecule has 0 unspecified atom stereocenters. The minimum absolute atomic E-state index is 0. The molecule has 2 N–H and O–H groups in total. The van der Waals surface area contributed by atoms with Gasteiger partial charge in [-0.3, -0.25) is 0 Å². The second-order valence-electron chi connectivity index (χ2n) is 5.26. The molecule has 0 spiro atoms. The van der Waals surface area contributed by atoms with E-state index in [9.17, 15) is 0 Å². The number of thiophene rings is 1. The van der Waals surface area contributed by atoms with Crippen LogP contribution in [-0.2, 0) is 13.0 Å². The van der Waals surface area contributed by atoms with Gasteiger partial charge in [-0.25, -0.2) is 4.99 Å². The molecule has 0 atom stereocenters. The normalized spacial score (nSPS) is 10.8. The molecule has 26 heavy (non-hydrogen) atoms. The maximum atomic E-state index is 5.38. The van der Waals surface area contributed by atoms with Gasteiger partial charge in [0.05, 0.1) is 25.2 Å². The fraction of sp³-hybridized carbons (Fsp3) is 0.389. The Bertz CT molecular complexity index is 696. The Balaban J connectivity index is 0.00000338. The Labute approximate surface area is 184 Å². The molecule has 1 heterocycles. The van der Waals surface area contributed by atoms with Crippen LogP contribution >= 0.6 is 51.2 Å². The zero-order valence-corrected chi connectivity index (χ0v) is 19.9. The maximum absolute atomic E-state index is 5.38. The average Bonchev–Trinajstić information content (AvgIpc) is 3.12. The van der Waals surface area contributed by atoms with Gasteiger partial charge < -0.3 is 20.1 Å². The van der Waals surface area contributed by atoms with Crippen molar-refractivity contribution in [3.05, 3.63) is 44.6 Å². The number of aliphatic imine (C=N–C) groups is 1. The number of rotatable bonds is 8. The first-order valence-corrected chi connectivity index (χ1v) is 9.80. The molecule has 1 aromatic carbocycles. The Morgan fingerprint density at radius 1 is 1.23 bits per heavy atom. The monoisotopic (exact) mass is 553 g/mol. The van der Waals surface area contributed by atoms with Crippen LogP contribution in [-0.4, -0.2) is 33.3 Å². The van der Waals surface area contributed by atoms with Crippen molar-refractivity contribution in [1.82, 2.24) is 10.6 Å². The fourth-order valence-corrected chi connectivity index (χ4v) is 3.69. The van der Waals surface area contributed by atoms with Crippen molar-refractivity contribution in [3.63, 3.8) is 0 Å². The van der Waals surface area contributed by atoms with E-state index in [2.05, 4.69) is 56.0 Å². The Hall–Kier alpha value is -1.000. The molecule has 2 rings (SSSR count). The topological polar surface area (TPSA) is 54.9 Å². The lowest BCUT2D eigenvalue weighted by Crippen LogP contribution is -2.38. The number of halogens is 2. The summed E-state index contributed by atoms with van der Waals surface area (Å²) in [6.45, 7) is 4.28. The van der Waals surface area contributed by atoms with Crippen LogP contribution in [0.5, 0.6) is 11.5 Å². The van der Waals surface area contributed by atoms with Gasteiger partial charge in [-0.15, -0.1) is 35.3 Å². The number of nitrogens with zero attached hydrogens (tertiary/aromatic N) is 1. The smallest absolute Gasteiger partial charge is 0.191 e. The predicted molar refractivity (Wildman–Crippen MR) is 124 cm³/mol. The van der Waals surface area contributed by atoms with E-state index in [1.807, 2.05) is 12.1 Å². The van der Waals surface area contributed by atoms with E-state index in [4.69, 9.17) is 9.47 Å².